The summed E-state index contributed by atoms with van der Waals surface area (Å²) in [4.78, 5) is 22.5. The number of hydrogen-bond donors (Lipinski definition) is 1. The van der Waals surface area contributed by atoms with Gasteiger partial charge in [0.05, 0.1) is 22.0 Å². The molecular formula is C29H20ClF3N6. The number of hydrogen-bond acceptors (Lipinski definition) is 6. The molecular weight excluding hydrogens is 525 g/mol. The third-order valence-corrected chi connectivity index (χ3v) is 7.05. The van der Waals surface area contributed by atoms with E-state index in [9.17, 15) is 13.2 Å². The summed E-state index contributed by atoms with van der Waals surface area (Å²) in [6.45, 7) is 2.02. The Morgan fingerprint density at radius 1 is 0.949 bits per heavy atom. The van der Waals surface area contributed by atoms with E-state index in [0.29, 0.717) is 18.7 Å². The highest BCUT2D eigenvalue weighted by Crippen LogP contribution is 2.38. The van der Waals surface area contributed by atoms with Crippen molar-refractivity contribution in [1.82, 2.24) is 19.9 Å². The Bertz CT molecular complexity index is 1770. The van der Waals surface area contributed by atoms with E-state index in [2.05, 4.69) is 25.3 Å². The number of anilines is 2. The Hall–Kier alpha value is -4.37. The van der Waals surface area contributed by atoms with Gasteiger partial charge in [-0.25, -0.2) is 15.0 Å². The van der Waals surface area contributed by atoms with Gasteiger partial charge in [-0.1, -0.05) is 23.7 Å². The van der Waals surface area contributed by atoms with Crippen LogP contribution in [0, 0.1) is 6.92 Å². The van der Waals surface area contributed by atoms with Gasteiger partial charge in [-0.2, -0.15) is 13.2 Å². The lowest BCUT2D eigenvalue weighted by atomic mass is 9.94. The van der Waals surface area contributed by atoms with Crippen LogP contribution >= 0.6 is 11.6 Å². The normalized spacial score (nSPS) is 12.6. The van der Waals surface area contributed by atoms with E-state index in [0.717, 1.165) is 56.3 Å². The fraction of sp³-hybridized carbons (Fsp3) is 0.138. The zero-order chi connectivity index (χ0) is 27.1. The lowest BCUT2D eigenvalue weighted by molar-refractivity contribution is -0.137. The van der Waals surface area contributed by atoms with Gasteiger partial charge in [-0.3, -0.25) is 9.98 Å². The predicted molar refractivity (Wildman–Crippen MR) is 146 cm³/mol. The summed E-state index contributed by atoms with van der Waals surface area (Å²) in [5, 5.41) is 4.37. The first-order valence-electron chi connectivity index (χ1n) is 12.1. The maximum atomic E-state index is 13.4. The van der Waals surface area contributed by atoms with Crippen LogP contribution in [0.5, 0.6) is 0 Å². The van der Waals surface area contributed by atoms with Gasteiger partial charge in [0.15, 0.2) is 0 Å². The molecule has 0 unspecified atom stereocenters. The van der Waals surface area contributed by atoms with Gasteiger partial charge in [-0.05, 0) is 59.8 Å². The highest BCUT2D eigenvalue weighted by molar-refractivity contribution is 6.31. The number of fused-ring (bicyclic) bond motifs is 2. The largest absolute Gasteiger partial charge is 0.417 e. The lowest BCUT2D eigenvalue weighted by Gasteiger charge is -2.16. The minimum absolute atomic E-state index is 0.235. The highest BCUT2D eigenvalue weighted by atomic mass is 35.5. The number of aromatic nitrogens is 4. The standard InChI is InChI=1S/C29H20ClF3N6/c1-16-4-6-19-18(8-11-36-28(19)39-17-5-7-23(30)22(13-17)29(31,32)33)21(16)14-25-20(3-2-10-34-25)26-27-24(9-12-35-27)37-15-38-26/h2-8,10-13,15H,9,14H2,1H3,(H,36,39). The minimum Gasteiger partial charge on any atom is -0.340 e. The summed E-state index contributed by atoms with van der Waals surface area (Å²) < 4.78 is 40.2. The summed E-state index contributed by atoms with van der Waals surface area (Å²) in [5.41, 5.74) is 5.49. The number of benzene rings is 2. The molecule has 3 aromatic heterocycles. The molecule has 0 aliphatic carbocycles. The van der Waals surface area contributed by atoms with Gasteiger partial charge in [0, 0.05) is 48.1 Å². The summed E-state index contributed by atoms with van der Waals surface area (Å²) in [7, 11) is 0. The Balaban J connectivity index is 1.41. The molecule has 0 saturated heterocycles. The van der Waals surface area contributed by atoms with Crippen LogP contribution in [0.3, 0.4) is 0 Å². The van der Waals surface area contributed by atoms with Gasteiger partial charge < -0.3 is 5.32 Å². The third-order valence-electron chi connectivity index (χ3n) is 6.72. The first kappa shape index (κ1) is 24.9. The zero-order valence-corrected chi connectivity index (χ0v) is 21.3. The van der Waals surface area contributed by atoms with Crippen molar-refractivity contribution in [2.24, 2.45) is 4.99 Å². The second-order valence-corrected chi connectivity index (χ2v) is 9.55. The smallest absolute Gasteiger partial charge is 0.340 e. The van der Waals surface area contributed by atoms with E-state index in [-0.39, 0.29) is 10.7 Å². The molecule has 1 N–H and O–H groups in total. The summed E-state index contributed by atoms with van der Waals surface area (Å²) >= 11 is 5.80. The number of halogens is 4. The molecule has 4 heterocycles. The molecule has 6 nitrogen and oxygen atoms in total. The van der Waals surface area contributed by atoms with Crippen LogP contribution in [0.4, 0.5) is 30.4 Å². The van der Waals surface area contributed by atoms with Gasteiger partial charge in [0.2, 0.25) is 0 Å². The first-order valence-corrected chi connectivity index (χ1v) is 12.5. The van der Waals surface area contributed by atoms with Crippen molar-refractivity contribution >= 4 is 45.8 Å². The van der Waals surface area contributed by atoms with E-state index < -0.39 is 11.7 Å². The summed E-state index contributed by atoms with van der Waals surface area (Å²) in [6.07, 6.45) is 3.37. The first-order chi connectivity index (χ1) is 18.8. The van der Waals surface area contributed by atoms with Crippen LogP contribution in [0.15, 0.2) is 72.2 Å². The molecule has 6 rings (SSSR count). The number of pyridine rings is 2. The second kappa shape index (κ2) is 9.74. The molecule has 1 aliphatic heterocycles. The van der Waals surface area contributed by atoms with Gasteiger partial charge in [0.25, 0.3) is 0 Å². The Labute approximate surface area is 226 Å². The summed E-state index contributed by atoms with van der Waals surface area (Å²) in [6, 6.07) is 13.3. The number of aliphatic imine (C=N–C) groups is 1. The molecule has 0 saturated carbocycles. The lowest BCUT2D eigenvalue weighted by Crippen LogP contribution is -2.07. The Morgan fingerprint density at radius 2 is 1.82 bits per heavy atom. The van der Waals surface area contributed by atoms with Crippen LogP contribution in [-0.4, -0.2) is 26.2 Å². The molecule has 0 fully saturated rings. The molecule has 39 heavy (non-hydrogen) atoms. The quantitative estimate of drug-likeness (QED) is 0.246. The molecule has 0 atom stereocenters. The van der Waals surface area contributed by atoms with Crippen molar-refractivity contribution in [1.29, 1.82) is 0 Å². The summed E-state index contributed by atoms with van der Waals surface area (Å²) in [5.74, 6) is 0.438. The van der Waals surface area contributed by atoms with Crippen molar-refractivity contribution in [2.45, 2.75) is 25.9 Å². The molecule has 0 radical (unpaired) electrons. The molecule has 5 aromatic rings. The molecule has 0 bridgehead atoms. The minimum atomic E-state index is -4.57. The number of rotatable bonds is 5. The van der Waals surface area contributed by atoms with Gasteiger partial charge in [-0.15, -0.1) is 0 Å². The number of nitrogens with zero attached hydrogens (tertiary/aromatic N) is 5. The maximum Gasteiger partial charge on any atom is 0.417 e. The van der Waals surface area contributed by atoms with Crippen LogP contribution in [0.2, 0.25) is 5.02 Å². The van der Waals surface area contributed by atoms with Gasteiger partial charge >= 0.3 is 6.18 Å². The van der Waals surface area contributed by atoms with E-state index in [1.807, 2.05) is 43.5 Å². The van der Waals surface area contributed by atoms with Crippen molar-refractivity contribution in [3.05, 3.63) is 100 Å². The van der Waals surface area contributed by atoms with E-state index in [1.165, 1.54) is 12.1 Å². The maximum absolute atomic E-state index is 13.4. The molecule has 1 aliphatic rings. The third kappa shape index (κ3) is 4.70. The van der Waals surface area contributed by atoms with Crippen molar-refractivity contribution in [3.63, 3.8) is 0 Å². The van der Waals surface area contributed by atoms with Crippen molar-refractivity contribution in [2.75, 3.05) is 5.32 Å². The van der Waals surface area contributed by atoms with Gasteiger partial charge in [0.1, 0.15) is 23.5 Å². The van der Waals surface area contributed by atoms with E-state index >= 15 is 0 Å². The molecule has 0 spiro atoms. The van der Waals surface area contributed by atoms with Crippen LogP contribution in [0.1, 0.15) is 28.1 Å². The topological polar surface area (TPSA) is 76.0 Å². The van der Waals surface area contributed by atoms with E-state index in [4.69, 9.17) is 16.6 Å². The Kier molecular flexibility index (Phi) is 6.23. The Morgan fingerprint density at radius 3 is 2.67 bits per heavy atom. The number of nitrogens with one attached hydrogen (secondary N) is 1. The predicted octanol–water partition coefficient (Wildman–Crippen LogP) is 7.66. The molecule has 2 aromatic carbocycles. The molecule has 10 heteroatoms. The zero-order valence-electron chi connectivity index (χ0n) is 20.6. The number of alkyl halides is 3. The van der Waals surface area contributed by atoms with Crippen molar-refractivity contribution < 1.29 is 13.2 Å². The SMILES string of the molecule is Cc1ccc2c(Nc3ccc(Cl)c(C(F)(F)F)c3)nccc2c1Cc1ncccc1-c1ncnc2c1N=CC2. The average molecular weight is 545 g/mol. The van der Waals surface area contributed by atoms with E-state index in [1.54, 1.807) is 18.7 Å². The molecule has 194 valence electrons. The number of aryl methyl sites for hydroxylation is 1. The van der Waals surface area contributed by atoms with Crippen LogP contribution < -0.4 is 5.32 Å². The van der Waals surface area contributed by atoms with Crippen LogP contribution in [0.25, 0.3) is 22.0 Å². The highest BCUT2D eigenvalue weighted by Gasteiger charge is 2.33. The average Bonchev–Trinajstić information content (AvgIpc) is 3.40. The second-order valence-electron chi connectivity index (χ2n) is 9.14. The fourth-order valence-corrected chi connectivity index (χ4v) is 5.03. The monoisotopic (exact) mass is 544 g/mol. The van der Waals surface area contributed by atoms with Crippen LogP contribution in [-0.2, 0) is 19.0 Å². The molecule has 0 amide bonds. The van der Waals surface area contributed by atoms with Crippen molar-refractivity contribution in [3.8, 4) is 11.3 Å². The fourth-order valence-electron chi connectivity index (χ4n) is 4.80.